The molecule has 1 fully saturated rings. The number of rotatable bonds is 10. The Morgan fingerprint density at radius 3 is 2.21 bits per heavy atom. The van der Waals surface area contributed by atoms with E-state index in [1.54, 1.807) is 0 Å². The molecule has 0 amide bonds. The minimum Gasteiger partial charge on any atom is -0.512 e. The molecule has 2 heteroatoms. The van der Waals surface area contributed by atoms with Crippen molar-refractivity contribution in [1.82, 2.24) is 0 Å². The van der Waals surface area contributed by atoms with Gasteiger partial charge in [0.25, 0.3) is 0 Å². The van der Waals surface area contributed by atoms with E-state index in [-0.39, 0.29) is 0 Å². The van der Waals surface area contributed by atoms with E-state index in [1.807, 2.05) is 4.90 Å². The minimum atomic E-state index is 1.06. The van der Waals surface area contributed by atoms with Gasteiger partial charge >= 0.3 is 0 Å². The van der Waals surface area contributed by atoms with E-state index < -0.39 is 0 Å². The van der Waals surface area contributed by atoms with Crippen LogP contribution < -0.4 is 4.90 Å². The topological polar surface area (TPSA) is 28.2 Å². The van der Waals surface area contributed by atoms with Crippen LogP contribution in [0.15, 0.2) is 0 Å². The van der Waals surface area contributed by atoms with Crippen molar-refractivity contribution in [2.45, 2.75) is 78.1 Å². The minimum absolute atomic E-state index is 1.06. The molecule has 1 aliphatic heterocycles. The molecule has 112 valence electrons. The van der Waals surface area contributed by atoms with Gasteiger partial charge in [0.05, 0.1) is 19.6 Å². The van der Waals surface area contributed by atoms with E-state index in [1.165, 1.54) is 83.8 Å². The molecule has 2 atom stereocenters. The lowest BCUT2D eigenvalue weighted by atomic mass is 10.0. The number of nitrogens with one attached hydrogen (secondary N) is 1. The zero-order valence-electron chi connectivity index (χ0n) is 13.2. The van der Waals surface area contributed by atoms with E-state index in [4.69, 9.17) is 11.8 Å². The van der Waals surface area contributed by atoms with Gasteiger partial charge < -0.3 is 16.7 Å². The second-order valence-electron chi connectivity index (χ2n) is 6.02. The Morgan fingerprint density at radius 1 is 0.947 bits per heavy atom. The number of nitrogens with zero attached hydrogens (tertiary/aromatic N) is 1. The van der Waals surface area contributed by atoms with Crippen LogP contribution in [0.3, 0.4) is 0 Å². The summed E-state index contributed by atoms with van der Waals surface area (Å²) < 4.78 is 0. The SMILES string of the molecule is CCCCCCCCC[NH+]1CCC(CCC)C1.[C-]#N. The summed E-state index contributed by atoms with van der Waals surface area (Å²) in [5.41, 5.74) is 0. The van der Waals surface area contributed by atoms with Crippen LogP contribution in [0.4, 0.5) is 0 Å². The molecule has 0 radical (unpaired) electrons. The van der Waals surface area contributed by atoms with Crippen LogP contribution >= 0.6 is 0 Å². The van der Waals surface area contributed by atoms with Crippen molar-refractivity contribution in [2.24, 2.45) is 5.92 Å². The molecule has 0 aromatic heterocycles. The van der Waals surface area contributed by atoms with E-state index >= 15 is 0 Å². The maximum Gasteiger partial charge on any atom is 0.0801 e. The van der Waals surface area contributed by atoms with Gasteiger partial charge in [0, 0.05) is 12.3 Å². The quantitative estimate of drug-likeness (QED) is 0.475. The summed E-state index contributed by atoms with van der Waals surface area (Å²) in [5, 5.41) is 6.25. The van der Waals surface area contributed by atoms with Gasteiger partial charge in [-0.2, -0.15) is 0 Å². The summed E-state index contributed by atoms with van der Waals surface area (Å²) in [4.78, 5) is 1.90. The van der Waals surface area contributed by atoms with E-state index in [0.29, 0.717) is 0 Å². The molecule has 1 saturated heterocycles. The predicted octanol–water partition coefficient (Wildman–Crippen LogP) is 3.54. The average Bonchev–Trinajstić information content (AvgIpc) is 2.88. The zero-order valence-corrected chi connectivity index (χ0v) is 13.2. The Bertz CT molecular complexity index is 201. The highest BCUT2D eigenvalue weighted by atomic mass is 15.1. The zero-order chi connectivity index (χ0) is 14.3. The predicted molar refractivity (Wildman–Crippen MR) is 81.5 cm³/mol. The van der Waals surface area contributed by atoms with Crippen LogP contribution in [0.5, 0.6) is 0 Å². The third-order valence-electron chi connectivity index (χ3n) is 4.31. The Morgan fingerprint density at radius 2 is 1.58 bits per heavy atom. The average molecular weight is 266 g/mol. The summed E-state index contributed by atoms with van der Waals surface area (Å²) >= 11 is 0. The van der Waals surface area contributed by atoms with Crippen molar-refractivity contribution in [3.63, 3.8) is 0 Å². The number of hydrogen-bond acceptors (Lipinski definition) is 1. The Hall–Kier alpha value is -0.550. The highest BCUT2D eigenvalue weighted by Crippen LogP contribution is 2.11. The standard InChI is InChI=1S/C16H33N.CN/c1-3-5-6-7-8-9-10-13-17-14-12-16(15-17)11-4-2;1-2/h16H,3-15H2,1-2H3;/q;-1/p+1. The monoisotopic (exact) mass is 266 g/mol. The number of unbranched alkanes of at least 4 members (excludes halogenated alkanes) is 6. The molecule has 2 unspecified atom stereocenters. The maximum atomic E-state index is 6.25. The molecule has 1 heterocycles. The first-order valence-electron chi connectivity index (χ1n) is 8.42. The third-order valence-corrected chi connectivity index (χ3v) is 4.31. The highest BCUT2D eigenvalue weighted by Gasteiger charge is 2.24. The fraction of sp³-hybridized carbons (Fsp3) is 0.941. The van der Waals surface area contributed by atoms with E-state index in [9.17, 15) is 0 Å². The van der Waals surface area contributed by atoms with Gasteiger partial charge in [-0.1, -0.05) is 52.4 Å². The molecule has 1 rings (SSSR count). The molecule has 0 aliphatic carbocycles. The van der Waals surface area contributed by atoms with Crippen molar-refractivity contribution < 1.29 is 4.90 Å². The first kappa shape index (κ1) is 18.4. The van der Waals surface area contributed by atoms with Gasteiger partial charge in [-0.05, 0) is 19.3 Å². The molecule has 0 aromatic rings. The Balaban J connectivity index is 0.00000154. The van der Waals surface area contributed by atoms with E-state index in [0.717, 1.165) is 5.92 Å². The van der Waals surface area contributed by atoms with Crippen molar-refractivity contribution in [2.75, 3.05) is 19.6 Å². The smallest absolute Gasteiger partial charge is 0.0801 e. The van der Waals surface area contributed by atoms with E-state index in [2.05, 4.69) is 13.8 Å². The first-order valence-corrected chi connectivity index (χ1v) is 8.42. The van der Waals surface area contributed by atoms with Gasteiger partial charge in [0.1, 0.15) is 0 Å². The molecule has 1 aliphatic rings. The van der Waals surface area contributed by atoms with Gasteiger partial charge in [0.2, 0.25) is 0 Å². The van der Waals surface area contributed by atoms with Gasteiger partial charge in [-0.25, -0.2) is 0 Å². The maximum absolute atomic E-state index is 6.25. The van der Waals surface area contributed by atoms with Crippen LogP contribution in [0.1, 0.15) is 78.1 Å². The molecule has 0 spiro atoms. The fourth-order valence-corrected chi connectivity index (χ4v) is 3.23. The van der Waals surface area contributed by atoms with Crippen molar-refractivity contribution >= 4 is 0 Å². The van der Waals surface area contributed by atoms with Crippen LogP contribution in [0, 0.1) is 17.8 Å². The summed E-state index contributed by atoms with van der Waals surface area (Å²) in [7, 11) is 0. The Kier molecular flexibility index (Phi) is 13.5. The molecule has 0 bridgehead atoms. The summed E-state index contributed by atoms with van der Waals surface area (Å²) in [6.07, 6.45) is 14.5. The Labute approximate surface area is 121 Å². The number of likely N-dealkylation sites (tertiary alicyclic amines) is 1. The molecule has 19 heavy (non-hydrogen) atoms. The number of hydrogen-bond donors (Lipinski definition) is 1. The number of quaternary nitrogens is 1. The van der Waals surface area contributed by atoms with Crippen LogP contribution in [0.25, 0.3) is 0 Å². The normalized spacial score (nSPS) is 21.9. The van der Waals surface area contributed by atoms with Crippen LogP contribution in [0.2, 0.25) is 0 Å². The summed E-state index contributed by atoms with van der Waals surface area (Å²) in [6.45, 7) is 13.8. The van der Waals surface area contributed by atoms with Gasteiger partial charge in [0.15, 0.2) is 0 Å². The fourth-order valence-electron chi connectivity index (χ4n) is 3.23. The molecule has 0 saturated carbocycles. The van der Waals surface area contributed by atoms with Crippen molar-refractivity contribution in [3.05, 3.63) is 6.57 Å². The molecule has 2 nitrogen and oxygen atoms in total. The van der Waals surface area contributed by atoms with Crippen LogP contribution in [-0.4, -0.2) is 19.6 Å². The van der Waals surface area contributed by atoms with Crippen molar-refractivity contribution in [1.29, 1.82) is 5.26 Å². The largest absolute Gasteiger partial charge is 0.512 e. The summed E-state index contributed by atoms with van der Waals surface area (Å²) in [5.74, 6) is 1.06. The highest BCUT2D eigenvalue weighted by molar-refractivity contribution is 4.61. The lowest BCUT2D eigenvalue weighted by Crippen LogP contribution is -3.10. The van der Waals surface area contributed by atoms with Crippen LogP contribution in [-0.2, 0) is 0 Å². The second kappa shape index (κ2) is 13.9. The van der Waals surface area contributed by atoms with Gasteiger partial charge in [-0.3, -0.25) is 0 Å². The third kappa shape index (κ3) is 9.96. The second-order valence-corrected chi connectivity index (χ2v) is 6.02. The lowest BCUT2D eigenvalue weighted by Gasteiger charge is -2.13. The molecule has 1 N–H and O–H groups in total. The summed E-state index contributed by atoms with van der Waals surface area (Å²) in [6, 6.07) is 0. The lowest BCUT2D eigenvalue weighted by molar-refractivity contribution is -0.889. The molecular weight excluding hydrogens is 232 g/mol. The first-order chi connectivity index (χ1) is 9.36. The molecular formula is C17H34N2. The molecule has 0 aromatic carbocycles. The van der Waals surface area contributed by atoms with Crippen molar-refractivity contribution in [3.8, 4) is 0 Å². The van der Waals surface area contributed by atoms with Gasteiger partial charge in [-0.15, -0.1) is 0 Å².